The maximum Gasteiger partial charge on any atom is 0.303 e. The Morgan fingerprint density at radius 2 is 1.95 bits per heavy atom. The number of rotatable bonds is 9. The molecule has 0 bridgehead atoms. The molecule has 0 aliphatic carbocycles. The van der Waals surface area contributed by atoms with E-state index in [4.69, 9.17) is 5.11 Å². The molecule has 0 amide bonds. The van der Waals surface area contributed by atoms with Crippen LogP contribution in [0.5, 0.6) is 0 Å². The Hall–Kier alpha value is -1.77. The largest absolute Gasteiger partial charge is 0.481 e. The number of nitrogens with zero attached hydrogens (tertiary/aromatic N) is 1. The van der Waals surface area contributed by atoms with E-state index >= 15 is 0 Å². The van der Waals surface area contributed by atoms with Crippen LogP contribution in [0.2, 0.25) is 0 Å². The molecule has 0 fully saturated rings. The summed E-state index contributed by atoms with van der Waals surface area (Å²) in [5.74, 6) is -0.712. The minimum Gasteiger partial charge on any atom is -0.481 e. The summed E-state index contributed by atoms with van der Waals surface area (Å²) >= 11 is 0. The van der Waals surface area contributed by atoms with Crippen molar-refractivity contribution in [2.75, 3.05) is 0 Å². The zero-order valence-electron chi connectivity index (χ0n) is 12.8. The molecule has 0 unspecified atom stereocenters. The highest BCUT2D eigenvalue weighted by molar-refractivity contribution is 5.81. The Morgan fingerprint density at radius 1 is 1.14 bits per heavy atom. The average Bonchev–Trinajstić information content (AvgIpc) is 2.81. The SMILES string of the molecule is CCCCCCc1cc2ccccc2n1CCCC(=O)O. The third-order valence-corrected chi connectivity index (χ3v) is 3.96. The van der Waals surface area contributed by atoms with Gasteiger partial charge < -0.3 is 9.67 Å². The van der Waals surface area contributed by atoms with Crippen molar-refractivity contribution in [1.82, 2.24) is 4.57 Å². The predicted molar refractivity (Wildman–Crippen MR) is 86.7 cm³/mol. The molecule has 0 radical (unpaired) electrons. The monoisotopic (exact) mass is 287 g/mol. The molecular formula is C18H25NO2. The maximum atomic E-state index is 10.7. The summed E-state index contributed by atoms with van der Waals surface area (Å²) in [7, 11) is 0. The maximum absolute atomic E-state index is 10.7. The average molecular weight is 287 g/mol. The summed E-state index contributed by atoms with van der Waals surface area (Å²) in [5.41, 5.74) is 2.58. The van der Waals surface area contributed by atoms with Gasteiger partial charge in [-0.05, 0) is 36.8 Å². The third kappa shape index (κ3) is 4.35. The van der Waals surface area contributed by atoms with Gasteiger partial charge in [0.2, 0.25) is 0 Å². The second-order valence-corrected chi connectivity index (χ2v) is 5.65. The number of para-hydroxylation sites is 1. The predicted octanol–water partition coefficient (Wildman–Crippen LogP) is 4.63. The van der Waals surface area contributed by atoms with Gasteiger partial charge in [0.05, 0.1) is 0 Å². The first-order valence-corrected chi connectivity index (χ1v) is 8.01. The lowest BCUT2D eigenvalue weighted by atomic mass is 10.1. The Bertz CT molecular complexity index is 586. The van der Waals surface area contributed by atoms with Gasteiger partial charge in [-0.25, -0.2) is 0 Å². The Morgan fingerprint density at radius 3 is 2.71 bits per heavy atom. The summed E-state index contributed by atoms with van der Waals surface area (Å²) in [4.78, 5) is 10.7. The zero-order valence-corrected chi connectivity index (χ0v) is 12.8. The summed E-state index contributed by atoms with van der Waals surface area (Å²) in [6.45, 7) is 3.02. The molecule has 21 heavy (non-hydrogen) atoms. The van der Waals surface area contributed by atoms with E-state index in [1.165, 1.54) is 42.3 Å². The van der Waals surface area contributed by atoms with Crippen LogP contribution < -0.4 is 0 Å². The van der Waals surface area contributed by atoms with Gasteiger partial charge in [0.1, 0.15) is 0 Å². The number of carbonyl (C=O) groups is 1. The van der Waals surface area contributed by atoms with Crippen LogP contribution in [-0.2, 0) is 17.8 Å². The van der Waals surface area contributed by atoms with Gasteiger partial charge in [0, 0.05) is 24.2 Å². The lowest BCUT2D eigenvalue weighted by molar-refractivity contribution is -0.137. The van der Waals surface area contributed by atoms with Crippen molar-refractivity contribution in [2.24, 2.45) is 0 Å². The number of aryl methyl sites for hydroxylation is 2. The normalized spacial score (nSPS) is 11.1. The second-order valence-electron chi connectivity index (χ2n) is 5.65. The number of benzene rings is 1. The van der Waals surface area contributed by atoms with Crippen molar-refractivity contribution in [3.05, 3.63) is 36.0 Å². The lowest BCUT2D eigenvalue weighted by Crippen LogP contribution is -2.05. The molecule has 114 valence electrons. The third-order valence-electron chi connectivity index (χ3n) is 3.96. The van der Waals surface area contributed by atoms with Gasteiger partial charge in [-0.1, -0.05) is 44.4 Å². The molecule has 1 N–H and O–H groups in total. The fourth-order valence-electron chi connectivity index (χ4n) is 2.86. The summed E-state index contributed by atoms with van der Waals surface area (Å²) in [5, 5.41) is 10.1. The van der Waals surface area contributed by atoms with Crippen LogP contribution in [0.15, 0.2) is 30.3 Å². The molecule has 2 rings (SSSR count). The van der Waals surface area contributed by atoms with E-state index < -0.39 is 5.97 Å². The van der Waals surface area contributed by atoms with Gasteiger partial charge in [-0.15, -0.1) is 0 Å². The standard InChI is InChI=1S/C18H25NO2/c1-2-3-4-5-10-16-14-15-9-6-7-11-17(15)19(16)13-8-12-18(20)21/h6-7,9,11,14H,2-5,8,10,12-13H2,1H3,(H,20,21). The Labute approximate surface area is 126 Å². The number of hydrogen-bond donors (Lipinski definition) is 1. The van der Waals surface area contributed by atoms with Crippen LogP contribution in [0.1, 0.15) is 51.1 Å². The van der Waals surface area contributed by atoms with Crippen LogP contribution in [0, 0.1) is 0 Å². The quantitative estimate of drug-likeness (QED) is 0.683. The van der Waals surface area contributed by atoms with Crippen molar-refractivity contribution in [3.63, 3.8) is 0 Å². The van der Waals surface area contributed by atoms with Gasteiger partial charge in [-0.2, -0.15) is 0 Å². The van der Waals surface area contributed by atoms with E-state index in [1.807, 2.05) is 0 Å². The van der Waals surface area contributed by atoms with Crippen molar-refractivity contribution >= 4 is 16.9 Å². The molecule has 0 aliphatic rings. The van der Waals surface area contributed by atoms with Crippen LogP contribution >= 0.6 is 0 Å². The fraction of sp³-hybridized carbons (Fsp3) is 0.500. The minimum atomic E-state index is -0.712. The number of carboxylic acids is 1. The van der Waals surface area contributed by atoms with Crippen LogP contribution in [0.25, 0.3) is 10.9 Å². The molecule has 0 saturated heterocycles. The van der Waals surface area contributed by atoms with Crippen molar-refractivity contribution in [2.45, 2.75) is 58.4 Å². The lowest BCUT2D eigenvalue weighted by Gasteiger charge is -2.10. The zero-order chi connectivity index (χ0) is 15.1. The van der Waals surface area contributed by atoms with E-state index in [0.29, 0.717) is 6.42 Å². The van der Waals surface area contributed by atoms with Gasteiger partial charge >= 0.3 is 5.97 Å². The smallest absolute Gasteiger partial charge is 0.303 e. The highest BCUT2D eigenvalue weighted by atomic mass is 16.4. The Kier molecular flexibility index (Phi) is 5.85. The molecule has 0 saturated carbocycles. The Balaban J connectivity index is 2.11. The topological polar surface area (TPSA) is 42.2 Å². The molecule has 0 atom stereocenters. The summed E-state index contributed by atoms with van der Waals surface area (Å²) in [6.07, 6.45) is 7.04. The number of unbranched alkanes of at least 4 members (excludes halogenated alkanes) is 3. The van der Waals surface area contributed by atoms with Crippen LogP contribution in [0.3, 0.4) is 0 Å². The molecule has 1 heterocycles. The molecular weight excluding hydrogens is 262 g/mol. The highest BCUT2D eigenvalue weighted by Crippen LogP contribution is 2.22. The van der Waals surface area contributed by atoms with E-state index in [-0.39, 0.29) is 6.42 Å². The molecule has 0 spiro atoms. The highest BCUT2D eigenvalue weighted by Gasteiger charge is 2.08. The first-order valence-electron chi connectivity index (χ1n) is 8.01. The van der Waals surface area contributed by atoms with Crippen LogP contribution in [0.4, 0.5) is 0 Å². The number of aliphatic carboxylic acids is 1. The fourth-order valence-corrected chi connectivity index (χ4v) is 2.86. The molecule has 3 nitrogen and oxygen atoms in total. The van der Waals surface area contributed by atoms with Crippen molar-refractivity contribution < 1.29 is 9.90 Å². The molecule has 0 aliphatic heterocycles. The minimum absolute atomic E-state index is 0.238. The first-order chi connectivity index (χ1) is 10.2. The van der Waals surface area contributed by atoms with E-state index in [9.17, 15) is 4.79 Å². The van der Waals surface area contributed by atoms with E-state index in [2.05, 4.69) is 41.8 Å². The first kappa shape index (κ1) is 15.6. The second kappa shape index (κ2) is 7.87. The number of carboxylic acid groups (broad SMARTS) is 1. The molecule has 1 aromatic carbocycles. The van der Waals surface area contributed by atoms with Crippen molar-refractivity contribution in [1.29, 1.82) is 0 Å². The van der Waals surface area contributed by atoms with Gasteiger partial charge in [-0.3, -0.25) is 4.79 Å². The molecule has 1 aromatic heterocycles. The van der Waals surface area contributed by atoms with Crippen LogP contribution in [-0.4, -0.2) is 15.6 Å². The van der Waals surface area contributed by atoms with Gasteiger partial charge in [0.15, 0.2) is 0 Å². The summed E-state index contributed by atoms with van der Waals surface area (Å²) < 4.78 is 2.31. The van der Waals surface area contributed by atoms with E-state index in [1.54, 1.807) is 0 Å². The van der Waals surface area contributed by atoms with Crippen molar-refractivity contribution in [3.8, 4) is 0 Å². The number of fused-ring (bicyclic) bond motifs is 1. The molecule has 3 heteroatoms. The summed E-state index contributed by atoms with van der Waals surface area (Å²) in [6, 6.07) is 10.6. The number of aromatic nitrogens is 1. The molecule has 2 aromatic rings. The van der Waals surface area contributed by atoms with Gasteiger partial charge in [0.25, 0.3) is 0 Å². The number of hydrogen-bond acceptors (Lipinski definition) is 1. The van der Waals surface area contributed by atoms with E-state index in [0.717, 1.165) is 13.0 Å².